The fraction of sp³-hybridized carbons (Fsp3) is 0.158. The van der Waals surface area contributed by atoms with Gasteiger partial charge in [-0.05, 0) is 48.9 Å². The maximum absolute atomic E-state index is 12.8. The molecule has 0 saturated heterocycles. The number of halogens is 1. The van der Waals surface area contributed by atoms with Crippen molar-refractivity contribution in [1.82, 2.24) is 9.78 Å². The molecule has 0 fully saturated rings. The van der Waals surface area contributed by atoms with Crippen LogP contribution in [0.5, 0.6) is 5.75 Å². The normalized spacial score (nSPS) is 11.2. The summed E-state index contributed by atoms with van der Waals surface area (Å²) in [5.74, 6) is -0.297. The lowest BCUT2D eigenvalue weighted by Gasteiger charge is -2.14. The van der Waals surface area contributed by atoms with Gasteiger partial charge in [-0.25, -0.2) is 8.42 Å². The van der Waals surface area contributed by atoms with Crippen LogP contribution >= 0.6 is 11.6 Å². The van der Waals surface area contributed by atoms with E-state index in [1.165, 1.54) is 42.3 Å². The van der Waals surface area contributed by atoms with Gasteiger partial charge in [-0.15, -0.1) is 0 Å². The molecule has 29 heavy (non-hydrogen) atoms. The van der Waals surface area contributed by atoms with Gasteiger partial charge in [0.1, 0.15) is 16.3 Å². The topological polar surface area (TPSA) is 102 Å². The van der Waals surface area contributed by atoms with E-state index in [-0.39, 0.29) is 16.6 Å². The molecule has 3 aromatic rings. The van der Waals surface area contributed by atoms with Crippen LogP contribution < -0.4 is 14.8 Å². The first-order chi connectivity index (χ1) is 13.7. The van der Waals surface area contributed by atoms with E-state index in [1.54, 1.807) is 25.2 Å². The number of aryl methyl sites for hydroxylation is 2. The number of hydrogen-bond donors (Lipinski definition) is 2. The van der Waals surface area contributed by atoms with Crippen LogP contribution in [0.2, 0.25) is 5.02 Å². The molecule has 0 unspecified atom stereocenters. The predicted octanol–water partition coefficient (Wildman–Crippen LogP) is 3.44. The molecule has 8 nitrogen and oxygen atoms in total. The number of aromatic nitrogens is 2. The summed E-state index contributed by atoms with van der Waals surface area (Å²) in [6.45, 7) is 1.81. The molecule has 0 aliphatic rings. The second-order valence-electron chi connectivity index (χ2n) is 6.28. The maximum Gasteiger partial charge on any atom is 0.273 e. The zero-order valence-corrected chi connectivity index (χ0v) is 17.5. The van der Waals surface area contributed by atoms with Crippen LogP contribution in [-0.4, -0.2) is 31.2 Å². The average molecular weight is 435 g/mol. The third kappa shape index (κ3) is 4.69. The van der Waals surface area contributed by atoms with Crippen LogP contribution in [0, 0.1) is 6.92 Å². The molecule has 0 radical (unpaired) electrons. The Labute approximate surface area is 173 Å². The van der Waals surface area contributed by atoms with Crippen LogP contribution in [0.25, 0.3) is 0 Å². The Kier molecular flexibility index (Phi) is 5.81. The van der Waals surface area contributed by atoms with Crippen LogP contribution in [-0.2, 0) is 17.1 Å². The van der Waals surface area contributed by atoms with E-state index in [4.69, 9.17) is 16.3 Å². The summed E-state index contributed by atoms with van der Waals surface area (Å²) < 4.78 is 34.8. The van der Waals surface area contributed by atoms with Crippen molar-refractivity contribution in [2.45, 2.75) is 11.8 Å². The molecule has 0 bridgehead atoms. The van der Waals surface area contributed by atoms with Crippen molar-refractivity contribution in [2.24, 2.45) is 7.05 Å². The molecule has 1 aromatic heterocycles. The van der Waals surface area contributed by atoms with Gasteiger partial charge in [0.25, 0.3) is 15.9 Å². The maximum atomic E-state index is 12.8. The summed E-state index contributed by atoms with van der Waals surface area (Å²) in [6.07, 6.45) is 1.51. The van der Waals surface area contributed by atoms with E-state index in [9.17, 15) is 13.2 Å². The number of rotatable bonds is 6. The Hall–Kier alpha value is -3.04. The molecule has 0 aliphatic carbocycles. The zero-order chi connectivity index (χ0) is 21.2. The van der Waals surface area contributed by atoms with Gasteiger partial charge >= 0.3 is 0 Å². The molecule has 1 heterocycles. The molecule has 10 heteroatoms. The monoisotopic (exact) mass is 434 g/mol. The number of benzene rings is 2. The molecule has 0 saturated carbocycles. The number of nitrogens with zero attached hydrogens (tertiary/aromatic N) is 2. The summed E-state index contributed by atoms with van der Waals surface area (Å²) in [4.78, 5) is 12.3. The Morgan fingerprint density at radius 3 is 2.52 bits per heavy atom. The largest absolute Gasteiger partial charge is 0.495 e. The third-order valence-corrected chi connectivity index (χ3v) is 5.70. The Morgan fingerprint density at radius 1 is 1.14 bits per heavy atom. The van der Waals surface area contributed by atoms with Gasteiger partial charge in [0.05, 0.1) is 12.8 Å². The van der Waals surface area contributed by atoms with Crippen LogP contribution in [0.4, 0.5) is 11.4 Å². The highest BCUT2D eigenvalue weighted by Crippen LogP contribution is 2.30. The van der Waals surface area contributed by atoms with Crippen molar-refractivity contribution >= 4 is 38.9 Å². The molecule has 3 rings (SSSR count). The lowest BCUT2D eigenvalue weighted by atomic mass is 10.2. The Bertz CT molecular complexity index is 1150. The van der Waals surface area contributed by atoms with Crippen molar-refractivity contribution in [1.29, 1.82) is 0 Å². The minimum Gasteiger partial charge on any atom is -0.495 e. The standard InChI is InChI=1S/C19H19ClN4O4S/c1-12-8-13(20)10-15(9-12)23-29(26,27)18-5-4-14(11-17(18)28-3)22-19(25)16-6-7-21-24(16)2/h4-11,23H,1-3H3,(H,22,25). The summed E-state index contributed by atoms with van der Waals surface area (Å²) >= 11 is 6.00. The van der Waals surface area contributed by atoms with Crippen molar-refractivity contribution in [3.05, 3.63) is 64.9 Å². The molecule has 2 N–H and O–H groups in total. The summed E-state index contributed by atoms with van der Waals surface area (Å²) in [6, 6.07) is 10.7. The van der Waals surface area contributed by atoms with E-state index < -0.39 is 10.0 Å². The van der Waals surface area contributed by atoms with Gasteiger partial charge in [-0.2, -0.15) is 5.10 Å². The second-order valence-corrected chi connectivity index (χ2v) is 8.37. The fourth-order valence-corrected chi connectivity index (χ4v) is 4.25. The van der Waals surface area contributed by atoms with Crippen molar-refractivity contribution in [2.75, 3.05) is 17.1 Å². The average Bonchev–Trinajstić information content (AvgIpc) is 3.06. The SMILES string of the molecule is COc1cc(NC(=O)c2ccnn2C)ccc1S(=O)(=O)Nc1cc(C)cc(Cl)c1. The van der Waals surface area contributed by atoms with Gasteiger partial charge in [0.2, 0.25) is 0 Å². The van der Waals surface area contributed by atoms with E-state index in [0.29, 0.717) is 22.1 Å². The first kappa shape index (κ1) is 20.7. The number of ether oxygens (including phenoxy) is 1. The summed E-state index contributed by atoms with van der Waals surface area (Å²) in [7, 11) is -0.946. The number of carbonyl (C=O) groups excluding carboxylic acids is 1. The number of methoxy groups -OCH3 is 1. The Balaban J connectivity index is 1.87. The molecular weight excluding hydrogens is 416 g/mol. The first-order valence-electron chi connectivity index (χ1n) is 8.47. The van der Waals surface area contributed by atoms with E-state index in [0.717, 1.165) is 5.56 Å². The van der Waals surface area contributed by atoms with E-state index in [1.807, 2.05) is 6.92 Å². The number of anilines is 2. The van der Waals surface area contributed by atoms with E-state index >= 15 is 0 Å². The minimum atomic E-state index is -3.95. The van der Waals surface area contributed by atoms with E-state index in [2.05, 4.69) is 15.1 Å². The number of sulfonamides is 1. The van der Waals surface area contributed by atoms with Gasteiger partial charge in [-0.1, -0.05) is 11.6 Å². The molecular formula is C19H19ClN4O4S. The van der Waals surface area contributed by atoms with Crippen molar-refractivity contribution < 1.29 is 17.9 Å². The highest BCUT2D eigenvalue weighted by molar-refractivity contribution is 7.92. The van der Waals surface area contributed by atoms with Crippen LogP contribution in [0.1, 0.15) is 16.1 Å². The quantitative estimate of drug-likeness (QED) is 0.618. The smallest absolute Gasteiger partial charge is 0.273 e. The molecule has 1 amide bonds. The van der Waals surface area contributed by atoms with Crippen LogP contribution in [0.15, 0.2) is 53.6 Å². The van der Waals surface area contributed by atoms with Crippen molar-refractivity contribution in [3.8, 4) is 5.75 Å². The third-order valence-electron chi connectivity index (χ3n) is 4.06. The summed E-state index contributed by atoms with van der Waals surface area (Å²) in [5, 5.41) is 7.06. The van der Waals surface area contributed by atoms with Crippen LogP contribution in [0.3, 0.4) is 0 Å². The summed E-state index contributed by atoms with van der Waals surface area (Å²) in [5.41, 5.74) is 1.89. The highest BCUT2D eigenvalue weighted by Gasteiger charge is 2.21. The van der Waals surface area contributed by atoms with Gasteiger partial charge in [0.15, 0.2) is 0 Å². The molecule has 0 aliphatic heterocycles. The zero-order valence-electron chi connectivity index (χ0n) is 15.9. The Morgan fingerprint density at radius 2 is 1.90 bits per heavy atom. The fourth-order valence-electron chi connectivity index (χ4n) is 2.76. The van der Waals surface area contributed by atoms with Gasteiger partial charge in [0, 0.05) is 30.0 Å². The molecule has 2 aromatic carbocycles. The van der Waals surface area contributed by atoms with Gasteiger partial charge < -0.3 is 10.1 Å². The number of amides is 1. The number of carbonyl (C=O) groups is 1. The number of nitrogens with one attached hydrogen (secondary N) is 2. The molecule has 0 atom stereocenters. The molecule has 0 spiro atoms. The predicted molar refractivity (Wildman–Crippen MR) is 111 cm³/mol. The highest BCUT2D eigenvalue weighted by atomic mass is 35.5. The lowest BCUT2D eigenvalue weighted by molar-refractivity contribution is 0.101. The number of hydrogen-bond acceptors (Lipinski definition) is 5. The van der Waals surface area contributed by atoms with Crippen molar-refractivity contribution in [3.63, 3.8) is 0 Å². The second kappa shape index (κ2) is 8.14. The van der Waals surface area contributed by atoms with Gasteiger partial charge in [-0.3, -0.25) is 14.2 Å². The first-order valence-corrected chi connectivity index (χ1v) is 10.3. The lowest BCUT2D eigenvalue weighted by Crippen LogP contribution is -2.17. The molecule has 152 valence electrons. The minimum absolute atomic E-state index is 0.0730.